The fraction of sp³-hybridized carbons (Fsp3) is 0.438. The number of aromatic nitrogens is 1. The lowest BCUT2D eigenvalue weighted by Gasteiger charge is -2.29. The first-order chi connectivity index (χ1) is 10.1. The van der Waals surface area contributed by atoms with Gasteiger partial charge in [-0.1, -0.05) is 15.9 Å². The molecule has 2 heterocycles. The van der Waals surface area contributed by atoms with E-state index < -0.39 is 0 Å². The molecule has 1 aromatic heterocycles. The quantitative estimate of drug-likeness (QED) is 0.796. The van der Waals surface area contributed by atoms with Crippen LogP contribution in [0.3, 0.4) is 0 Å². The maximum absolute atomic E-state index is 10.9. The summed E-state index contributed by atoms with van der Waals surface area (Å²) in [4.78, 5) is 13.3. The van der Waals surface area contributed by atoms with Gasteiger partial charge in [0.25, 0.3) is 6.47 Å². The second-order valence-corrected chi connectivity index (χ2v) is 6.64. The molecule has 1 fully saturated rings. The van der Waals surface area contributed by atoms with Crippen molar-refractivity contribution < 1.29 is 9.53 Å². The molecule has 21 heavy (non-hydrogen) atoms. The van der Waals surface area contributed by atoms with Gasteiger partial charge in [0, 0.05) is 22.8 Å². The molecule has 0 saturated carbocycles. The van der Waals surface area contributed by atoms with Crippen molar-refractivity contribution in [3.05, 3.63) is 28.4 Å². The first kappa shape index (κ1) is 14.6. The molecule has 0 unspecified atom stereocenters. The van der Waals surface area contributed by atoms with E-state index in [1.807, 2.05) is 12.1 Å². The molecular weight excluding hydrogens is 332 g/mol. The number of fused-ring (bicyclic) bond motifs is 1. The summed E-state index contributed by atoms with van der Waals surface area (Å²) >= 11 is 3.51. The fourth-order valence-electron chi connectivity index (χ4n) is 3.31. The van der Waals surface area contributed by atoms with Crippen LogP contribution in [0.4, 0.5) is 0 Å². The molecule has 0 radical (unpaired) electrons. The van der Waals surface area contributed by atoms with Gasteiger partial charge >= 0.3 is 0 Å². The largest absolute Gasteiger partial charge is 0.426 e. The van der Waals surface area contributed by atoms with Gasteiger partial charge in [0.1, 0.15) is 0 Å². The maximum atomic E-state index is 10.9. The third kappa shape index (κ3) is 2.60. The van der Waals surface area contributed by atoms with Gasteiger partial charge in [0.2, 0.25) is 0 Å². The van der Waals surface area contributed by atoms with Gasteiger partial charge in [0.05, 0.1) is 11.2 Å². The Bertz CT molecular complexity index is 672. The van der Waals surface area contributed by atoms with Crippen LogP contribution in [-0.2, 0) is 11.8 Å². The van der Waals surface area contributed by atoms with Crippen molar-refractivity contribution >= 4 is 33.3 Å². The van der Waals surface area contributed by atoms with Gasteiger partial charge in [-0.2, -0.15) is 0 Å². The van der Waals surface area contributed by atoms with Gasteiger partial charge in [-0.3, -0.25) is 4.79 Å². The minimum absolute atomic E-state index is 0.437. The van der Waals surface area contributed by atoms with Crippen molar-refractivity contribution in [2.24, 2.45) is 7.05 Å². The zero-order chi connectivity index (χ0) is 15.0. The third-order valence-electron chi connectivity index (χ3n) is 4.43. The van der Waals surface area contributed by atoms with Crippen LogP contribution in [-0.4, -0.2) is 36.1 Å². The molecule has 4 nitrogen and oxygen atoms in total. The highest BCUT2D eigenvalue weighted by atomic mass is 79.9. The number of nitrogens with zero attached hydrogens (tertiary/aromatic N) is 2. The van der Waals surface area contributed by atoms with Crippen LogP contribution in [0.2, 0.25) is 0 Å². The molecule has 1 aromatic carbocycles. The van der Waals surface area contributed by atoms with Crippen molar-refractivity contribution in [2.45, 2.75) is 18.8 Å². The van der Waals surface area contributed by atoms with Gasteiger partial charge in [-0.05, 0) is 51.2 Å². The molecule has 1 saturated heterocycles. The molecule has 112 valence electrons. The monoisotopic (exact) mass is 350 g/mol. The average molecular weight is 351 g/mol. The number of hydrogen-bond acceptors (Lipinski definition) is 3. The predicted octanol–water partition coefficient (Wildman–Crippen LogP) is 3.29. The Balaban J connectivity index is 2.13. The van der Waals surface area contributed by atoms with E-state index >= 15 is 0 Å². The molecule has 0 amide bonds. The number of halogens is 1. The zero-order valence-corrected chi connectivity index (χ0v) is 13.9. The smallest absolute Gasteiger partial charge is 0.298 e. The summed E-state index contributed by atoms with van der Waals surface area (Å²) in [6, 6.07) is 6.07. The van der Waals surface area contributed by atoms with Crippen molar-refractivity contribution in [3.8, 4) is 5.75 Å². The van der Waals surface area contributed by atoms with Crippen LogP contribution < -0.4 is 4.74 Å². The Morgan fingerprint density at radius 3 is 2.67 bits per heavy atom. The Hall–Kier alpha value is -1.33. The molecule has 3 rings (SSSR count). The van der Waals surface area contributed by atoms with Crippen molar-refractivity contribution in [1.29, 1.82) is 0 Å². The number of hydrogen-bond donors (Lipinski definition) is 0. The van der Waals surface area contributed by atoms with Crippen molar-refractivity contribution in [3.63, 3.8) is 0 Å². The highest BCUT2D eigenvalue weighted by Crippen LogP contribution is 2.41. The van der Waals surface area contributed by atoms with Crippen molar-refractivity contribution in [2.75, 3.05) is 20.1 Å². The Morgan fingerprint density at radius 1 is 1.29 bits per heavy atom. The van der Waals surface area contributed by atoms with Gasteiger partial charge < -0.3 is 14.2 Å². The Kier molecular flexibility index (Phi) is 4.04. The third-order valence-corrected chi connectivity index (χ3v) is 4.92. The SMILES string of the molecule is CN1CCC(c2c(OC=O)c3ccc(Br)cc3n2C)CC1. The number of piperidine rings is 1. The Labute approximate surface area is 132 Å². The molecule has 0 aliphatic carbocycles. The van der Waals surface area contributed by atoms with Crippen molar-refractivity contribution in [1.82, 2.24) is 9.47 Å². The van der Waals surface area contributed by atoms with Crippen LogP contribution in [0.25, 0.3) is 10.9 Å². The summed E-state index contributed by atoms with van der Waals surface area (Å²) in [6.45, 7) is 2.70. The summed E-state index contributed by atoms with van der Waals surface area (Å²) in [5.74, 6) is 1.16. The lowest BCUT2D eigenvalue weighted by Crippen LogP contribution is -2.30. The minimum Gasteiger partial charge on any atom is -0.426 e. The Morgan fingerprint density at radius 2 is 2.00 bits per heavy atom. The summed E-state index contributed by atoms with van der Waals surface area (Å²) in [5, 5.41) is 1.00. The van der Waals surface area contributed by atoms with E-state index in [2.05, 4.69) is 45.6 Å². The van der Waals surface area contributed by atoms with Gasteiger partial charge in [0.15, 0.2) is 5.75 Å². The molecule has 2 aromatic rings. The predicted molar refractivity (Wildman–Crippen MR) is 86.8 cm³/mol. The number of carbonyl (C=O) groups excluding carboxylic acids is 1. The lowest BCUT2D eigenvalue weighted by molar-refractivity contribution is -0.120. The van der Waals surface area contributed by atoms with Crippen LogP contribution in [0.1, 0.15) is 24.5 Å². The number of carbonyl (C=O) groups is 1. The molecule has 1 aliphatic heterocycles. The van der Waals surface area contributed by atoms with Gasteiger partial charge in [-0.15, -0.1) is 0 Å². The molecule has 0 N–H and O–H groups in total. The number of rotatable bonds is 3. The number of benzene rings is 1. The lowest BCUT2D eigenvalue weighted by atomic mass is 9.93. The van der Waals surface area contributed by atoms with E-state index in [1.54, 1.807) is 0 Å². The van der Waals surface area contributed by atoms with Crippen LogP contribution in [0.15, 0.2) is 22.7 Å². The fourth-order valence-corrected chi connectivity index (χ4v) is 3.66. The van der Waals surface area contributed by atoms with E-state index in [-0.39, 0.29) is 0 Å². The minimum atomic E-state index is 0.437. The summed E-state index contributed by atoms with van der Waals surface area (Å²) in [5.41, 5.74) is 2.23. The normalized spacial score (nSPS) is 17.3. The second-order valence-electron chi connectivity index (χ2n) is 5.73. The zero-order valence-electron chi connectivity index (χ0n) is 12.3. The van der Waals surface area contributed by atoms with E-state index in [0.29, 0.717) is 12.4 Å². The summed E-state index contributed by atoms with van der Waals surface area (Å²) < 4.78 is 8.57. The molecular formula is C16H19BrN2O2. The van der Waals surface area contributed by atoms with E-state index in [4.69, 9.17) is 4.74 Å². The standard InChI is InChI=1S/C16H19BrN2O2/c1-18-7-5-11(6-8-18)15-16(21-10-20)13-4-3-12(17)9-14(13)19(15)2/h3-4,9-11H,5-8H2,1-2H3. The number of aryl methyl sites for hydroxylation is 1. The summed E-state index contributed by atoms with van der Waals surface area (Å²) in [7, 11) is 4.21. The highest BCUT2D eigenvalue weighted by Gasteiger charge is 2.27. The number of ether oxygens (including phenoxy) is 1. The molecule has 5 heteroatoms. The van der Waals surface area contributed by atoms with E-state index in [9.17, 15) is 4.79 Å². The first-order valence-corrected chi connectivity index (χ1v) is 7.97. The average Bonchev–Trinajstić information content (AvgIpc) is 2.73. The first-order valence-electron chi connectivity index (χ1n) is 7.18. The topological polar surface area (TPSA) is 34.5 Å². The van der Waals surface area contributed by atoms with Crippen LogP contribution in [0.5, 0.6) is 5.75 Å². The number of likely N-dealkylation sites (tertiary alicyclic amines) is 1. The summed E-state index contributed by atoms with van der Waals surface area (Å²) in [6.07, 6.45) is 2.19. The highest BCUT2D eigenvalue weighted by molar-refractivity contribution is 9.10. The maximum Gasteiger partial charge on any atom is 0.298 e. The molecule has 0 atom stereocenters. The second kappa shape index (κ2) is 5.81. The van der Waals surface area contributed by atoms with Crippen LogP contribution in [0, 0.1) is 0 Å². The van der Waals surface area contributed by atoms with Gasteiger partial charge in [-0.25, -0.2) is 0 Å². The van der Waals surface area contributed by atoms with Crippen LogP contribution >= 0.6 is 15.9 Å². The molecule has 1 aliphatic rings. The van der Waals surface area contributed by atoms with E-state index in [1.165, 1.54) is 0 Å². The molecule has 0 spiro atoms. The van der Waals surface area contributed by atoms with E-state index in [0.717, 1.165) is 52.8 Å². The molecule has 0 bridgehead atoms.